The Bertz CT molecular complexity index is 1070. The van der Waals surface area contributed by atoms with Gasteiger partial charge in [-0.2, -0.15) is 0 Å². The van der Waals surface area contributed by atoms with Crippen molar-refractivity contribution >= 4 is 12.0 Å². The maximum absolute atomic E-state index is 11.4. The normalized spacial score (nSPS) is 12.0. The van der Waals surface area contributed by atoms with Crippen molar-refractivity contribution in [1.82, 2.24) is 0 Å². The fourth-order valence-corrected chi connectivity index (χ4v) is 3.15. The summed E-state index contributed by atoms with van der Waals surface area (Å²) in [6.45, 7) is -0.00935. The Morgan fingerprint density at radius 2 is 1.73 bits per heavy atom. The first-order valence-electron chi connectivity index (χ1n) is 10.1. The zero-order valence-corrected chi connectivity index (χ0v) is 18.6. The number of rotatable bonds is 11. The van der Waals surface area contributed by atoms with Crippen LogP contribution in [-0.4, -0.2) is 46.0 Å². The SMILES string of the molecule is COCOc1cc(OCOC)c(-c2ccc(/C=C/C(=O)OC)o2)c(C(O)c2ccccc2)c1. The number of hydrogen-bond donors (Lipinski definition) is 1. The van der Waals surface area contributed by atoms with Crippen molar-refractivity contribution < 1.29 is 38.0 Å². The van der Waals surface area contributed by atoms with E-state index in [9.17, 15) is 9.90 Å². The molecule has 8 nitrogen and oxygen atoms in total. The highest BCUT2D eigenvalue weighted by molar-refractivity contribution is 5.86. The summed E-state index contributed by atoms with van der Waals surface area (Å²) in [7, 11) is 4.32. The summed E-state index contributed by atoms with van der Waals surface area (Å²) in [6, 6.07) is 16.0. The van der Waals surface area contributed by atoms with E-state index in [4.69, 9.17) is 23.4 Å². The van der Waals surface area contributed by atoms with Crippen molar-refractivity contribution in [2.24, 2.45) is 0 Å². The average molecular weight is 454 g/mol. The number of ether oxygens (including phenoxy) is 5. The smallest absolute Gasteiger partial charge is 0.330 e. The van der Waals surface area contributed by atoms with E-state index in [-0.39, 0.29) is 13.6 Å². The van der Waals surface area contributed by atoms with E-state index >= 15 is 0 Å². The average Bonchev–Trinajstić information content (AvgIpc) is 3.32. The molecule has 3 aromatic rings. The van der Waals surface area contributed by atoms with Crippen molar-refractivity contribution in [2.75, 3.05) is 34.9 Å². The molecule has 3 rings (SSSR count). The van der Waals surface area contributed by atoms with Gasteiger partial charge < -0.3 is 33.2 Å². The second kappa shape index (κ2) is 11.9. The molecule has 0 amide bonds. The Balaban J connectivity index is 2.13. The number of hydrogen-bond acceptors (Lipinski definition) is 8. The predicted octanol–water partition coefficient (Wildman–Crippen LogP) is 4.18. The molecule has 0 saturated carbocycles. The molecular formula is C25H26O8. The first kappa shape index (κ1) is 24.1. The first-order valence-corrected chi connectivity index (χ1v) is 10.1. The summed E-state index contributed by atoms with van der Waals surface area (Å²) in [5.41, 5.74) is 1.70. The van der Waals surface area contributed by atoms with Gasteiger partial charge in [-0.05, 0) is 29.8 Å². The summed E-state index contributed by atoms with van der Waals surface area (Å²) in [4.78, 5) is 11.4. The summed E-state index contributed by atoms with van der Waals surface area (Å²) >= 11 is 0. The number of benzene rings is 2. The van der Waals surface area contributed by atoms with Crippen molar-refractivity contribution in [1.29, 1.82) is 0 Å². The third kappa shape index (κ3) is 6.23. The molecular weight excluding hydrogens is 428 g/mol. The summed E-state index contributed by atoms with van der Waals surface area (Å²) < 4.78 is 32.1. The van der Waals surface area contributed by atoms with Gasteiger partial charge in [-0.25, -0.2) is 4.79 Å². The van der Waals surface area contributed by atoms with E-state index in [2.05, 4.69) is 4.74 Å². The molecule has 0 aliphatic carbocycles. The van der Waals surface area contributed by atoms with Crippen LogP contribution in [0.1, 0.15) is 23.0 Å². The second-order valence-electron chi connectivity index (χ2n) is 6.86. The fourth-order valence-electron chi connectivity index (χ4n) is 3.15. The minimum atomic E-state index is -1.00. The van der Waals surface area contributed by atoms with Gasteiger partial charge in [-0.3, -0.25) is 0 Å². The third-order valence-electron chi connectivity index (χ3n) is 4.65. The van der Waals surface area contributed by atoms with Gasteiger partial charge >= 0.3 is 5.97 Å². The largest absolute Gasteiger partial charge is 0.467 e. The quantitative estimate of drug-likeness (QED) is 0.262. The number of furan rings is 1. The lowest BCUT2D eigenvalue weighted by molar-refractivity contribution is -0.134. The molecule has 1 heterocycles. The Labute approximate surface area is 191 Å². The molecule has 0 saturated heterocycles. The highest BCUT2D eigenvalue weighted by Crippen LogP contribution is 2.42. The number of carbonyl (C=O) groups excluding carboxylic acids is 1. The molecule has 0 fully saturated rings. The number of methoxy groups -OCH3 is 3. The minimum absolute atomic E-state index is 0.0210. The second-order valence-corrected chi connectivity index (χ2v) is 6.86. The van der Waals surface area contributed by atoms with Crippen LogP contribution in [0.4, 0.5) is 0 Å². The standard InChI is InChI=1S/C25H26O8/c1-28-15-31-19-13-20(25(27)17-7-5-4-6-8-17)24(22(14-19)32-16-29-2)21-11-9-18(33-21)10-12-23(26)30-3/h4-14,25,27H,15-16H2,1-3H3/b12-10+. The van der Waals surface area contributed by atoms with Crippen molar-refractivity contribution in [2.45, 2.75) is 6.10 Å². The van der Waals surface area contributed by atoms with E-state index in [0.29, 0.717) is 39.7 Å². The zero-order chi connectivity index (χ0) is 23.6. The van der Waals surface area contributed by atoms with Gasteiger partial charge in [0, 0.05) is 31.9 Å². The number of carbonyl (C=O) groups is 1. The van der Waals surface area contributed by atoms with Gasteiger partial charge in [0.2, 0.25) is 0 Å². The van der Waals surface area contributed by atoms with Crippen molar-refractivity contribution in [3.8, 4) is 22.8 Å². The van der Waals surface area contributed by atoms with Crippen LogP contribution in [-0.2, 0) is 19.0 Å². The highest BCUT2D eigenvalue weighted by Gasteiger charge is 2.24. The van der Waals surface area contributed by atoms with Crippen LogP contribution < -0.4 is 9.47 Å². The van der Waals surface area contributed by atoms with Crippen LogP contribution in [0.15, 0.2) is 65.1 Å². The number of aliphatic hydroxyl groups is 1. The molecule has 0 spiro atoms. The third-order valence-corrected chi connectivity index (χ3v) is 4.65. The maximum atomic E-state index is 11.4. The van der Waals surface area contributed by atoms with E-state index in [0.717, 1.165) is 0 Å². The summed E-state index contributed by atoms with van der Waals surface area (Å²) in [6.07, 6.45) is 1.75. The molecule has 1 unspecified atom stereocenters. The van der Waals surface area contributed by atoms with Gasteiger partial charge in [0.25, 0.3) is 0 Å². The Morgan fingerprint density at radius 1 is 1.00 bits per heavy atom. The number of esters is 1. The van der Waals surface area contributed by atoms with Crippen LogP contribution >= 0.6 is 0 Å². The molecule has 33 heavy (non-hydrogen) atoms. The molecule has 2 aromatic carbocycles. The monoisotopic (exact) mass is 454 g/mol. The van der Waals surface area contributed by atoms with Crippen LogP contribution in [0.25, 0.3) is 17.4 Å². The van der Waals surface area contributed by atoms with E-state index < -0.39 is 12.1 Å². The van der Waals surface area contributed by atoms with Crippen LogP contribution in [0.2, 0.25) is 0 Å². The molecule has 1 N–H and O–H groups in total. The van der Waals surface area contributed by atoms with Crippen LogP contribution in [0, 0.1) is 0 Å². The highest BCUT2D eigenvalue weighted by atomic mass is 16.7. The zero-order valence-electron chi connectivity index (χ0n) is 18.6. The molecule has 0 aliphatic heterocycles. The molecule has 1 aromatic heterocycles. The van der Waals surface area contributed by atoms with Gasteiger partial charge in [-0.1, -0.05) is 30.3 Å². The Morgan fingerprint density at radius 3 is 2.42 bits per heavy atom. The summed E-state index contributed by atoms with van der Waals surface area (Å²) in [5.74, 6) is 1.17. The molecule has 1 atom stereocenters. The fraction of sp³-hybridized carbons (Fsp3) is 0.240. The predicted molar refractivity (Wildman–Crippen MR) is 121 cm³/mol. The van der Waals surface area contributed by atoms with Crippen molar-refractivity contribution in [3.05, 3.63) is 77.6 Å². The minimum Gasteiger partial charge on any atom is -0.467 e. The molecule has 174 valence electrons. The van der Waals surface area contributed by atoms with Gasteiger partial charge in [0.05, 0.1) is 12.7 Å². The van der Waals surface area contributed by atoms with E-state index in [1.54, 1.807) is 24.3 Å². The lowest BCUT2D eigenvalue weighted by atomic mass is 9.94. The molecule has 0 radical (unpaired) electrons. The molecule has 8 heteroatoms. The first-order chi connectivity index (χ1) is 16.1. The van der Waals surface area contributed by atoms with Gasteiger partial charge in [-0.15, -0.1) is 0 Å². The van der Waals surface area contributed by atoms with E-state index in [1.165, 1.54) is 33.5 Å². The van der Waals surface area contributed by atoms with E-state index in [1.807, 2.05) is 30.3 Å². The van der Waals surface area contributed by atoms with Gasteiger partial charge in [0.1, 0.15) is 29.1 Å². The Hall–Kier alpha value is -3.59. The number of aliphatic hydroxyl groups excluding tert-OH is 1. The molecule has 0 bridgehead atoms. The van der Waals surface area contributed by atoms with Crippen molar-refractivity contribution in [3.63, 3.8) is 0 Å². The maximum Gasteiger partial charge on any atom is 0.330 e. The van der Waals surface area contributed by atoms with Crippen LogP contribution in [0.5, 0.6) is 11.5 Å². The lowest BCUT2D eigenvalue weighted by Gasteiger charge is -2.20. The molecule has 0 aliphatic rings. The van der Waals surface area contributed by atoms with Crippen LogP contribution in [0.3, 0.4) is 0 Å². The lowest BCUT2D eigenvalue weighted by Crippen LogP contribution is -2.08. The Kier molecular flexibility index (Phi) is 8.65. The topological polar surface area (TPSA) is 96.6 Å². The van der Waals surface area contributed by atoms with Gasteiger partial charge in [0.15, 0.2) is 13.6 Å². The summed E-state index contributed by atoms with van der Waals surface area (Å²) in [5, 5.41) is 11.3.